The summed E-state index contributed by atoms with van der Waals surface area (Å²) < 4.78 is 5.69. The number of ether oxygens (including phenoxy) is 1. The SMILES string of the molecule is NCCc1ccc(OCc2ccc(Cl)cc2)cc1. The molecule has 0 saturated heterocycles. The van der Waals surface area contributed by atoms with Gasteiger partial charge in [0.25, 0.3) is 0 Å². The van der Waals surface area contributed by atoms with Crippen molar-refractivity contribution in [1.29, 1.82) is 0 Å². The van der Waals surface area contributed by atoms with E-state index in [1.54, 1.807) is 0 Å². The zero-order valence-corrected chi connectivity index (χ0v) is 10.9. The second-order valence-electron chi connectivity index (χ2n) is 4.10. The van der Waals surface area contributed by atoms with Gasteiger partial charge in [0, 0.05) is 5.02 Å². The first-order valence-corrected chi connectivity index (χ1v) is 6.32. The minimum Gasteiger partial charge on any atom is -0.489 e. The van der Waals surface area contributed by atoms with E-state index in [1.165, 1.54) is 5.56 Å². The molecule has 2 aromatic rings. The van der Waals surface area contributed by atoms with Crippen molar-refractivity contribution >= 4 is 11.6 Å². The van der Waals surface area contributed by atoms with Gasteiger partial charge >= 0.3 is 0 Å². The summed E-state index contributed by atoms with van der Waals surface area (Å²) in [6, 6.07) is 15.7. The molecule has 0 atom stereocenters. The molecule has 0 spiro atoms. The van der Waals surface area contributed by atoms with Gasteiger partial charge in [0.05, 0.1) is 0 Å². The Labute approximate surface area is 112 Å². The lowest BCUT2D eigenvalue weighted by molar-refractivity contribution is 0.306. The quantitative estimate of drug-likeness (QED) is 0.895. The van der Waals surface area contributed by atoms with Crippen LogP contribution in [0.3, 0.4) is 0 Å². The molecule has 3 heteroatoms. The average molecular weight is 262 g/mol. The predicted octanol–water partition coefficient (Wildman–Crippen LogP) is 3.42. The Hall–Kier alpha value is -1.51. The number of hydrogen-bond donors (Lipinski definition) is 1. The van der Waals surface area contributed by atoms with Crippen molar-refractivity contribution in [2.75, 3.05) is 6.54 Å². The van der Waals surface area contributed by atoms with E-state index in [0.717, 1.165) is 22.8 Å². The molecular formula is C15H16ClNO. The molecule has 0 amide bonds. The largest absolute Gasteiger partial charge is 0.489 e. The summed E-state index contributed by atoms with van der Waals surface area (Å²) in [6.45, 7) is 1.22. The van der Waals surface area contributed by atoms with Crippen LogP contribution < -0.4 is 10.5 Å². The van der Waals surface area contributed by atoms with E-state index < -0.39 is 0 Å². The van der Waals surface area contributed by atoms with Gasteiger partial charge in [-0.3, -0.25) is 0 Å². The van der Waals surface area contributed by atoms with E-state index in [-0.39, 0.29) is 0 Å². The minimum absolute atomic E-state index is 0.549. The second kappa shape index (κ2) is 6.43. The van der Waals surface area contributed by atoms with Crippen LogP contribution in [0.2, 0.25) is 5.02 Å². The van der Waals surface area contributed by atoms with Crippen molar-refractivity contribution in [1.82, 2.24) is 0 Å². The van der Waals surface area contributed by atoms with Gasteiger partial charge in [-0.15, -0.1) is 0 Å². The molecule has 0 unspecified atom stereocenters. The average Bonchev–Trinajstić information content (AvgIpc) is 2.40. The third-order valence-electron chi connectivity index (χ3n) is 2.68. The summed E-state index contributed by atoms with van der Waals surface area (Å²) in [4.78, 5) is 0. The van der Waals surface area contributed by atoms with Gasteiger partial charge in [-0.1, -0.05) is 35.9 Å². The summed E-state index contributed by atoms with van der Waals surface area (Å²) >= 11 is 5.82. The Morgan fingerprint density at radius 2 is 1.50 bits per heavy atom. The molecule has 0 aliphatic rings. The van der Waals surface area contributed by atoms with Crippen LogP contribution in [0.1, 0.15) is 11.1 Å². The van der Waals surface area contributed by atoms with Crippen LogP contribution in [0.4, 0.5) is 0 Å². The topological polar surface area (TPSA) is 35.2 Å². The molecule has 2 N–H and O–H groups in total. The van der Waals surface area contributed by atoms with E-state index >= 15 is 0 Å². The van der Waals surface area contributed by atoms with E-state index in [1.807, 2.05) is 48.5 Å². The zero-order chi connectivity index (χ0) is 12.8. The van der Waals surface area contributed by atoms with Crippen molar-refractivity contribution in [3.63, 3.8) is 0 Å². The van der Waals surface area contributed by atoms with Gasteiger partial charge in [-0.2, -0.15) is 0 Å². The van der Waals surface area contributed by atoms with Crippen LogP contribution >= 0.6 is 11.6 Å². The third kappa shape index (κ3) is 3.76. The summed E-state index contributed by atoms with van der Waals surface area (Å²) in [7, 11) is 0. The molecular weight excluding hydrogens is 246 g/mol. The van der Waals surface area contributed by atoms with Crippen LogP contribution in [-0.2, 0) is 13.0 Å². The van der Waals surface area contributed by atoms with Crippen molar-refractivity contribution in [2.24, 2.45) is 5.73 Å². The number of hydrogen-bond acceptors (Lipinski definition) is 2. The van der Waals surface area contributed by atoms with Crippen LogP contribution in [0.5, 0.6) is 5.75 Å². The number of nitrogens with two attached hydrogens (primary N) is 1. The van der Waals surface area contributed by atoms with Gasteiger partial charge in [0.2, 0.25) is 0 Å². The van der Waals surface area contributed by atoms with E-state index in [4.69, 9.17) is 22.1 Å². The zero-order valence-electron chi connectivity index (χ0n) is 10.1. The smallest absolute Gasteiger partial charge is 0.119 e. The Morgan fingerprint density at radius 3 is 2.11 bits per heavy atom. The van der Waals surface area contributed by atoms with E-state index in [2.05, 4.69) is 0 Å². The molecule has 0 aromatic heterocycles. The fourth-order valence-corrected chi connectivity index (χ4v) is 1.79. The monoisotopic (exact) mass is 261 g/mol. The standard InChI is InChI=1S/C15H16ClNO/c16-14-5-1-13(2-6-14)11-18-15-7-3-12(4-8-15)9-10-17/h1-8H,9-11,17H2. The summed E-state index contributed by atoms with van der Waals surface area (Å²) in [5.74, 6) is 0.866. The van der Waals surface area contributed by atoms with Crippen molar-refractivity contribution in [3.05, 3.63) is 64.7 Å². The predicted molar refractivity (Wildman–Crippen MR) is 75.0 cm³/mol. The molecule has 0 aliphatic heterocycles. The molecule has 0 aliphatic carbocycles. The Kier molecular flexibility index (Phi) is 4.62. The van der Waals surface area contributed by atoms with E-state index in [9.17, 15) is 0 Å². The van der Waals surface area contributed by atoms with E-state index in [0.29, 0.717) is 13.2 Å². The third-order valence-corrected chi connectivity index (χ3v) is 2.93. The first-order valence-electron chi connectivity index (χ1n) is 5.94. The highest BCUT2D eigenvalue weighted by atomic mass is 35.5. The highest BCUT2D eigenvalue weighted by molar-refractivity contribution is 6.30. The summed E-state index contributed by atoms with van der Waals surface area (Å²) in [5.41, 5.74) is 7.84. The number of rotatable bonds is 5. The first kappa shape index (κ1) is 12.9. The highest BCUT2D eigenvalue weighted by Gasteiger charge is 1.97. The van der Waals surface area contributed by atoms with Gasteiger partial charge in [0.1, 0.15) is 12.4 Å². The first-order chi connectivity index (χ1) is 8.78. The Balaban J connectivity index is 1.91. The number of halogens is 1. The summed E-state index contributed by atoms with van der Waals surface area (Å²) in [6.07, 6.45) is 0.900. The van der Waals surface area contributed by atoms with Crippen molar-refractivity contribution < 1.29 is 4.74 Å². The van der Waals surface area contributed by atoms with Gasteiger partial charge in [0.15, 0.2) is 0 Å². The van der Waals surface area contributed by atoms with Crippen LogP contribution in [-0.4, -0.2) is 6.54 Å². The molecule has 18 heavy (non-hydrogen) atoms. The van der Waals surface area contributed by atoms with Gasteiger partial charge in [-0.05, 0) is 48.4 Å². The molecule has 2 rings (SSSR count). The Bertz CT molecular complexity index is 479. The molecule has 0 heterocycles. The van der Waals surface area contributed by atoms with Gasteiger partial charge in [-0.25, -0.2) is 0 Å². The lowest BCUT2D eigenvalue weighted by Gasteiger charge is -2.07. The van der Waals surface area contributed by atoms with Crippen molar-refractivity contribution in [2.45, 2.75) is 13.0 Å². The molecule has 0 radical (unpaired) electrons. The van der Waals surface area contributed by atoms with Crippen molar-refractivity contribution in [3.8, 4) is 5.75 Å². The highest BCUT2D eigenvalue weighted by Crippen LogP contribution is 2.15. The molecule has 94 valence electrons. The fourth-order valence-electron chi connectivity index (χ4n) is 1.67. The maximum absolute atomic E-state index is 5.82. The number of benzene rings is 2. The second-order valence-corrected chi connectivity index (χ2v) is 4.53. The van der Waals surface area contributed by atoms with Crippen LogP contribution in [0.25, 0.3) is 0 Å². The lowest BCUT2D eigenvalue weighted by atomic mass is 10.1. The normalized spacial score (nSPS) is 10.3. The molecule has 0 saturated carbocycles. The van der Waals surface area contributed by atoms with Crippen LogP contribution in [0.15, 0.2) is 48.5 Å². The minimum atomic E-state index is 0.549. The van der Waals surface area contributed by atoms with Gasteiger partial charge < -0.3 is 10.5 Å². The fraction of sp³-hybridized carbons (Fsp3) is 0.200. The molecule has 0 bridgehead atoms. The molecule has 2 nitrogen and oxygen atoms in total. The molecule has 0 fully saturated rings. The maximum Gasteiger partial charge on any atom is 0.119 e. The summed E-state index contributed by atoms with van der Waals surface area (Å²) in [5, 5.41) is 0.741. The maximum atomic E-state index is 5.82. The lowest BCUT2D eigenvalue weighted by Crippen LogP contribution is -2.02. The molecule has 2 aromatic carbocycles. The Morgan fingerprint density at radius 1 is 0.889 bits per heavy atom. The van der Waals surface area contributed by atoms with Crippen LogP contribution in [0, 0.1) is 0 Å².